The molecule has 0 spiro atoms. The van der Waals surface area contributed by atoms with Gasteiger partial charge in [0.25, 0.3) is 0 Å². The van der Waals surface area contributed by atoms with Gasteiger partial charge in [-0.15, -0.1) is 0 Å². The Bertz CT molecular complexity index is 164. The molecule has 0 saturated heterocycles. The standard InChI is InChI=1S/C5H12O2S.C4H9OS/c1-2-3-4-5-8(6)7;1-4(2,3)6-5/h2-5H2,1H3,(H,6,7);1-3H3/q;+1/p-1. The largest absolute Gasteiger partial charge is 0.772 e. The number of rotatable bonds is 4. The van der Waals surface area contributed by atoms with Crippen LogP contribution in [0.25, 0.3) is 0 Å². The molecule has 0 rings (SSSR count). The molecule has 0 radical (unpaired) electrons. The SMILES string of the molecule is CC(C)(C)[S+]=O.CCCCCS(=O)[O-]. The smallest absolute Gasteiger partial charge is 0.464 e. The van der Waals surface area contributed by atoms with Crippen molar-refractivity contribution in [3.05, 3.63) is 0 Å². The highest BCUT2D eigenvalue weighted by atomic mass is 32.2. The third-order valence-corrected chi connectivity index (χ3v) is 2.29. The van der Waals surface area contributed by atoms with Gasteiger partial charge in [0.05, 0.1) is 0 Å². The molecule has 0 aliphatic heterocycles. The van der Waals surface area contributed by atoms with Crippen molar-refractivity contribution in [2.45, 2.75) is 51.7 Å². The monoisotopic (exact) mass is 240 g/mol. The second kappa shape index (κ2) is 9.68. The van der Waals surface area contributed by atoms with Crippen molar-refractivity contribution in [3.63, 3.8) is 0 Å². The highest BCUT2D eigenvalue weighted by molar-refractivity contribution is 7.79. The van der Waals surface area contributed by atoms with Crippen molar-refractivity contribution in [3.8, 4) is 0 Å². The molecule has 1 unspecified atom stereocenters. The molecule has 0 bridgehead atoms. The third kappa shape index (κ3) is 22.7. The molecule has 3 nitrogen and oxygen atoms in total. The van der Waals surface area contributed by atoms with Crippen LogP contribution in [0.4, 0.5) is 0 Å². The average Bonchev–Trinajstić information content (AvgIpc) is 2.04. The second-order valence-corrected chi connectivity index (χ2v) is 6.32. The van der Waals surface area contributed by atoms with Gasteiger partial charge in [0, 0.05) is 9.96 Å². The summed E-state index contributed by atoms with van der Waals surface area (Å²) in [5.74, 6) is 0.327. The summed E-state index contributed by atoms with van der Waals surface area (Å²) in [5, 5.41) is 0. The summed E-state index contributed by atoms with van der Waals surface area (Å²) in [4.78, 5) is 0. The van der Waals surface area contributed by atoms with E-state index in [2.05, 4.69) is 0 Å². The minimum Gasteiger partial charge on any atom is -0.772 e. The lowest BCUT2D eigenvalue weighted by molar-refractivity contribution is 0.533. The molecular formula is C9H20O3S2. The Morgan fingerprint density at radius 2 is 1.71 bits per heavy atom. The zero-order valence-electron chi connectivity index (χ0n) is 9.37. The lowest BCUT2D eigenvalue weighted by atomic mass is 10.3. The molecule has 0 saturated carbocycles. The van der Waals surface area contributed by atoms with Crippen LogP contribution in [0, 0.1) is 0 Å². The molecule has 0 fully saturated rings. The van der Waals surface area contributed by atoms with E-state index in [1.165, 1.54) is 0 Å². The van der Waals surface area contributed by atoms with E-state index in [0.717, 1.165) is 19.3 Å². The molecule has 0 aliphatic rings. The van der Waals surface area contributed by atoms with Crippen molar-refractivity contribution in [2.24, 2.45) is 0 Å². The van der Waals surface area contributed by atoms with Gasteiger partial charge in [-0.1, -0.05) is 30.8 Å². The molecule has 14 heavy (non-hydrogen) atoms. The van der Waals surface area contributed by atoms with E-state index in [1.54, 1.807) is 0 Å². The van der Waals surface area contributed by atoms with Gasteiger partial charge in [0.2, 0.25) is 4.75 Å². The summed E-state index contributed by atoms with van der Waals surface area (Å²) in [7, 11) is 0. The Labute approximate surface area is 93.4 Å². The Hall–Kier alpha value is 0.130. The van der Waals surface area contributed by atoms with Crippen molar-refractivity contribution < 1.29 is 13.0 Å². The van der Waals surface area contributed by atoms with Crippen LogP contribution < -0.4 is 0 Å². The van der Waals surface area contributed by atoms with Crippen LogP contribution in [0.1, 0.15) is 47.0 Å². The minimum absolute atomic E-state index is 0.0972. The van der Waals surface area contributed by atoms with E-state index in [9.17, 15) is 13.0 Å². The van der Waals surface area contributed by atoms with Crippen LogP contribution in [-0.4, -0.2) is 19.3 Å². The third-order valence-electron chi connectivity index (χ3n) is 1.16. The first-order valence-electron chi connectivity index (χ1n) is 4.70. The fraction of sp³-hybridized carbons (Fsp3) is 1.00. The van der Waals surface area contributed by atoms with Crippen LogP contribution >= 0.6 is 0 Å². The fourth-order valence-corrected chi connectivity index (χ4v) is 0.910. The predicted octanol–water partition coefficient (Wildman–Crippen LogP) is 2.27. The summed E-state index contributed by atoms with van der Waals surface area (Å²) >= 11 is -1.19. The molecule has 0 N–H and O–H groups in total. The van der Waals surface area contributed by atoms with Crippen LogP contribution in [0.5, 0.6) is 0 Å². The predicted molar refractivity (Wildman–Crippen MR) is 61.1 cm³/mol. The lowest BCUT2D eigenvalue weighted by Crippen LogP contribution is -2.09. The first-order chi connectivity index (χ1) is 6.33. The Kier molecular flexibility index (Phi) is 11.4. The molecular weight excluding hydrogens is 220 g/mol. The minimum atomic E-state index is -1.82. The van der Waals surface area contributed by atoms with E-state index in [0.29, 0.717) is 17.4 Å². The van der Waals surface area contributed by atoms with Crippen LogP contribution in [0.3, 0.4) is 0 Å². The van der Waals surface area contributed by atoms with Crippen molar-refractivity contribution in [1.82, 2.24) is 0 Å². The normalized spacial score (nSPS) is 12.6. The van der Waals surface area contributed by atoms with Crippen LogP contribution in [-0.2, 0) is 27.0 Å². The van der Waals surface area contributed by atoms with Crippen LogP contribution in [0.15, 0.2) is 0 Å². The highest BCUT2D eigenvalue weighted by Crippen LogP contribution is 1.99. The lowest BCUT2D eigenvalue weighted by Gasteiger charge is -2.01. The van der Waals surface area contributed by atoms with Gasteiger partial charge in [0.15, 0.2) is 0 Å². The topological polar surface area (TPSA) is 57.2 Å². The van der Waals surface area contributed by atoms with Gasteiger partial charge in [-0.25, -0.2) is 0 Å². The average molecular weight is 240 g/mol. The molecule has 0 amide bonds. The van der Waals surface area contributed by atoms with Gasteiger partial charge in [-0.05, 0) is 27.2 Å². The number of unbranched alkanes of at least 4 members (excludes halogenated alkanes) is 2. The van der Waals surface area contributed by atoms with Gasteiger partial charge < -0.3 is 4.55 Å². The Morgan fingerprint density at radius 3 is 1.93 bits per heavy atom. The van der Waals surface area contributed by atoms with E-state index < -0.39 is 11.1 Å². The van der Waals surface area contributed by atoms with Crippen LogP contribution in [0.2, 0.25) is 0 Å². The molecule has 0 aromatic rings. The number of hydrogen-bond acceptors (Lipinski definition) is 3. The summed E-state index contributed by atoms with van der Waals surface area (Å²) in [5.41, 5.74) is 0. The maximum Gasteiger partial charge on any atom is 0.464 e. The van der Waals surface area contributed by atoms with Crippen molar-refractivity contribution in [2.75, 3.05) is 5.75 Å². The first-order valence-corrected chi connectivity index (χ1v) is 6.69. The molecule has 0 aliphatic carbocycles. The zero-order valence-corrected chi connectivity index (χ0v) is 11.0. The van der Waals surface area contributed by atoms with E-state index in [-0.39, 0.29) is 4.75 Å². The van der Waals surface area contributed by atoms with E-state index >= 15 is 0 Å². The second-order valence-electron chi connectivity index (χ2n) is 3.91. The molecule has 0 aromatic heterocycles. The maximum atomic E-state index is 9.87. The number of hydrogen-bond donors (Lipinski definition) is 0. The van der Waals surface area contributed by atoms with E-state index in [4.69, 9.17) is 0 Å². The fourth-order valence-electron chi connectivity index (χ4n) is 0.470. The maximum absolute atomic E-state index is 9.87. The highest BCUT2D eigenvalue weighted by Gasteiger charge is 2.23. The molecule has 0 heterocycles. The van der Waals surface area contributed by atoms with Gasteiger partial charge >= 0.3 is 11.7 Å². The Morgan fingerprint density at radius 1 is 1.29 bits per heavy atom. The molecule has 1 atom stereocenters. The van der Waals surface area contributed by atoms with Gasteiger partial charge in [-0.3, -0.25) is 4.21 Å². The summed E-state index contributed by atoms with van der Waals surface area (Å²) in [6.07, 6.45) is 2.91. The van der Waals surface area contributed by atoms with Crippen molar-refractivity contribution >= 4 is 22.7 Å². The van der Waals surface area contributed by atoms with Gasteiger partial charge in [0.1, 0.15) is 0 Å². The summed E-state index contributed by atoms with van der Waals surface area (Å²) in [6, 6.07) is 0. The molecule has 86 valence electrons. The van der Waals surface area contributed by atoms with E-state index in [1.807, 2.05) is 27.7 Å². The van der Waals surface area contributed by atoms with Gasteiger partial charge in [-0.2, -0.15) is 0 Å². The summed E-state index contributed by atoms with van der Waals surface area (Å²) in [6.45, 7) is 7.73. The quantitative estimate of drug-likeness (QED) is 0.430. The zero-order chi connectivity index (χ0) is 11.6. The molecule has 0 aromatic carbocycles. The molecule has 5 heteroatoms. The summed E-state index contributed by atoms with van der Waals surface area (Å²) < 4.78 is 29.5. The first kappa shape index (κ1) is 16.6. The van der Waals surface area contributed by atoms with Crippen molar-refractivity contribution in [1.29, 1.82) is 0 Å². The Balaban J connectivity index is 0.